The highest BCUT2D eigenvalue weighted by Crippen LogP contribution is 2.26. The Balaban J connectivity index is 2.15. The molecule has 0 fully saturated rings. The first-order valence-electron chi connectivity index (χ1n) is 5.67. The zero-order valence-electron chi connectivity index (χ0n) is 10.2. The van der Waals surface area contributed by atoms with Gasteiger partial charge >= 0.3 is 0 Å². The van der Waals surface area contributed by atoms with Gasteiger partial charge in [0.25, 0.3) is 5.91 Å². The van der Waals surface area contributed by atoms with Crippen LogP contribution >= 0.6 is 27.3 Å². The monoisotopic (exact) mass is 340 g/mol. The van der Waals surface area contributed by atoms with Crippen molar-refractivity contribution in [2.24, 2.45) is 0 Å². The Kier molecular flexibility index (Phi) is 4.39. The van der Waals surface area contributed by atoms with Crippen molar-refractivity contribution in [3.8, 4) is 0 Å². The number of aromatic nitrogens is 1. The van der Waals surface area contributed by atoms with E-state index >= 15 is 0 Å². The lowest BCUT2D eigenvalue weighted by molar-refractivity contribution is 0.103. The van der Waals surface area contributed by atoms with Gasteiger partial charge < -0.3 is 16.4 Å². The van der Waals surface area contributed by atoms with E-state index in [2.05, 4.69) is 31.5 Å². The van der Waals surface area contributed by atoms with E-state index in [9.17, 15) is 4.79 Å². The largest absolute Gasteiger partial charge is 0.382 e. The quantitative estimate of drug-likeness (QED) is 0.798. The molecule has 0 saturated heterocycles. The molecular formula is C12H13BrN4OS. The van der Waals surface area contributed by atoms with Crippen LogP contribution in [-0.2, 0) is 0 Å². The fourth-order valence-corrected chi connectivity index (χ4v) is 2.72. The third kappa shape index (κ3) is 3.45. The van der Waals surface area contributed by atoms with Gasteiger partial charge in [-0.15, -0.1) is 0 Å². The van der Waals surface area contributed by atoms with Crippen molar-refractivity contribution in [2.75, 3.05) is 22.9 Å². The minimum Gasteiger partial charge on any atom is -0.382 e. The molecule has 0 unspecified atom stereocenters. The second-order valence-electron chi connectivity index (χ2n) is 3.73. The van der Waals surface area contributed by atoms with Gasteiger partial charge in [0.2, 0.25) is 0 Å². The average Bonchev–Trinajstić information content (AvgIpc) is 2.71. The van der Waals surface area contributed by atoms with Gasteiger partial charge in [-0.25, -0.2) is 4.98 Å². The number of benzene rings is 1. The number of halogens is 1. The predicted octanol–water partition coefficient (Wildman–Crippen LogP) is 3.17. The maximum absolute atomic E-state index is 12.1. The molecule has 7 heteroatoms. The first kappa shape index (κ1) is 13.8. The number of hydrogen-bond donors (Lipinski definition) is 3. The smallest absolute Gasteiger partial charge is 0.269 e. The van der Waals surface area contributed by atoms with Crippen LogP contribution in [0.25, 0.3) is 0 Å². The van der Waals surface area contributed by atoms with Gasteiger partial charge in [0.1, 0.15) is 10.7 Å². The van der Waals surface area contributed by atoms with Crippen LogP contribution in [0.5, 0.6) is 0 Å². The van der Waals surface area contributed by atoms with Crippen LogP contribution < -0.4 is 16.4 Å². The fraction of sp³-hybridized carbons (Fsp3) is 0.167. The zero-order chi connectivity index (χ0) is 13.8. The van der Waals surface area contributed by atoms with Gasteiger partial charge in [-0.3, -0.25) is 4.79 Å². The maximum atomic E-state index is 12.1. The number of carbonyl (C=O) groups is 1. The van der Waals surface area contributed by atoms with E-state index in [4.69, 9.17) is 5.73 Å². The van der Waals surface area contributed by atoms with Gasteiger partial charge in [0, 0.05) is 16.7 Å². The summed E-state index contributed by atoms with van der Waals surface area (Å²) in [5, 5.41) is 6.48. The summed E-state index contributed by atoms with van der Waals surface area (Å²) in [5.74, 6) is -0.00861. The lowest BCUT2D eigenvalue weighted by Crippen LogP contribution is -2.12. The highest BCUT2D eigenvalue weighted by Gasteiger charge is 2.16. The molecular weight excluding hydrogens is 328 g/mol. The van der Waals surface area contributed by atoms with Gasteiger partial charge in [-0.2, -0.15) is 0 Å². The number of carbonyl (C=O) groups excluding carboxylic acids is 1. The first-order chi connectivity index (χ1) is 9.10. The topological polar surface area (TPSA) is 80.0 Å². The molecule has 1 aromatic heterocycles. The average molecular weight is 341 g/mol. The van der Waals surface area contributed by atoms with E-state index in [0.29, 0.717) is 15.7 Å². The van der Waals surface area contributed by atoms with Crippen molar-refractivity contribution in [1.82, 2.24) is 4.98 Å². The third-order valence-electron chi connectivity index (χ3n) is 2.27. The number of amides is 1. The number of nitrogens with one attached hydrogen (secondary N) is 2. The van der Waals surface area contributed by atoms with E-state index in [-0.39, 0.29) is 11.7 Å². The number of nitrogen functional groups attached to an aromatic ring is 1. The van der Waals surface area contributed by atoms with Crippen LogP contribution in [0, 0.1) is 0 Å². The Morgan fingerprint density at radius 3 is 3.00 bits per heavy atom. The number of rotatable bonds is 4. The number of anilines is 3. The Hall–Kier alpha value is -1.60. The molecule has 4 N–H and O–H groups in total. The van der Waals surface area contributed by atoms with Gasteiger partial charge in [-0.05, 0) is 25.1 Å². The molecule has 19 heavy (non-hydrogen) atoms. The fourth-order valence-electron chi connectivity index (χ4n) is 1.48. The summed E-state index contributed by atoms with van der Waals surface area (Å²) in [5.41, 5.74) is 6.45. The molecule has 0 saturated carbocycles. The van der Waals surface area contributed by atoms with Gasteiger partial charge in [-0.1, -0.05) is 33.3 Å². The van der Waals surface area contributed by atoms with Gasteiger partial charge in [0.15, 0.2) is 5.13 Å². The Labute approximate surface area is 123 Å². The molecule has 2 aromatic rings. The summed E-state index contributed by atoms with van der Waals surface area (Å²) < 4.78 is 0.899. The Morgan fingerprint density at radius 2 is 2.32 bits per heavy atom. The van der Waals surface area contributed by atoms with Crippen molar-refractivity contribution in [2.45, 2.75) is 6.92 Å². The van der Waals surface area contributed by atoms with Crippen LogP contribution in [-0.4, -0.2) is 17.4 Å². The Bertz CT molecular complexity index is 599. The second-order valence-corrected chi connectivity index (χ2v) is 5.64. The molecule has 0 aliphatic heterocycles. The number of hydrogen-bond acceptors (Lipinski definition) is 5. The van der Waals surface area contributed by atoms with Crippen molar-refractivity contribution < 1.29 is 4.79 Å². The number of nitrogens with zero attached hydrogens (tertiary/aromatic N) is 1. The lowest BCUT2D eigenvalue weighted by atomic mass is 10.3. The number of nitrogens with two attached hydrogens (primary N) is 1. The molecule has 2 rings (SSSR count). The maximum Gasteiger partial charge on any atom is 0.269 e. The molecule has 0 radical (unpaired) electrons. The summed E-state index contributed by atoms with van der Waals surface area (Å²) in [4.78, 5) is 16.6. The van der Waals surface area contributed by atoms with E-state index in [1.54, 1.807) is 0 Å². The summed E-state index contributed by atoms with van der Waals surface area (Å²) in [6.45, 7) is 2.69. The molecule has 1 heterocycles. The molecule has 0 spiro atoms. The minimum atomic E-state index is -0.253. The van der Waals surface area contributed by atoms with E-state index in [0.717, 1.165) is 11.0 Å². The van der Waals surface area contributed by atoms with E-state index in [1.165, 1.54) is 11.3 Å². The van der Waals surface area contributed by atoms with Crippen LogP contribution in [0.3, 0.4) is 0 Å². The van der Waals surface area contributed by atoms with Crippen LogP contribution in [0.15, 0.2) is 28.7 Å². The van der Waals surface area contributed by atoms with E-state index in [1.807, 2.05) is 31.2 Å². The van der Waals surface area contributed by atoms with Crippen LogP contribution in [0.2, 0.25) is 0 Å². The van der Waals surface area contributed by atoms with E-state index < -0.39 is 0 Å². The lowest BCUT2D eigenvalue weighted by Gasteiger charge is -2.03. The standard InChI is InChI=1S/C12H13BrN4OS/c1-2-15-12-17-10(14)9(19-12)11(18)16-8-5-3-4-7(13)6-8/h3-6H,2,14H2,1H3,(H,15,17)(H,16,18). The normalized spacial score (nSPS) is 10.2. The summed E-state index contributed by atoms with van der Waals surface area (Å²) >= 11 is 4.60. The van der Waals surface area contributed by atoms with Crippen LogP contribution in [0.1, 0.15) is 16.6 Å². The number of thiazole rings is 1. The zero-order valence-corrected chi connectivity index (χ0v) is 12.6. The van der Waals surface area contributed by atoms with Crippen molar-refractivity contribution >= 4 is 49.8 Å². The molecule has 0 bridgehead atoms. The van der Waals surface area contributed by atoms with Crippen molar-refractivity contribution in [3.05, 3.63) is 33.6 Å². The SMILES string of the molecule is CCNc1nc(N)c(C(=O)Nc2cccc(Br)c2)s1. The highest BCUT2D eigenvalue weighted by atomic mass is 79.9. The summed E-state index contributed by atoms with van der Waals surface area (Å²) in [6.07, 6.45) is 0. The summed E-state index contributed by atoms with van der Waals surface area (Å²) in [6, 6.07) is 7.37. The molecule has 0 aliphatic carbocycles. The summed E-state index contributed by atoms with van der Waals surface area (Å²) in [7, 11) is 0. The molecule has 5 nitrogen and oxygen atoms in total. The molecule has 0 atom stereocenters. The molecule has 1 aromatic carbocycles. The first-order valence-corrected chi connectivity index (χ1v) is 7.28. The highest BCUT2D eigenvalue weighted by molar-refractivity contribution is 9.10. The van der Waals surface area contributed by atoms with Crippen molar-refractivity contribution in [1.29, 1.82) is 0 Å². The second kappa shape index (κ2) is 6.03. The predicted molar refractivity (Wildman–Crippen MR) is 82.8 cm³/mol. The minimum absolute atomic E-state index is 0.244. The van der Waals surface area contributed by atoms with Gasteiger partial charge in [0.05, 0.1) is 0 Å². The Morgan fingerprint density at radius 1 is 1.53 bits per heavy atom. The van der Waals surface area contributed by atoms with Crippen LogP contribution in [0.4, 0.5) is 16.6 Å². The molecule has 1 amide bonds. The third-order valence-corrected chi connectivity index (χ3v) is 3.79. The van der Waals surface area contributed by atoms with Crippen molar-refractivity contribution in [3.63, 3.8) is 0 Å². The molecule has 0 aliphatic rings. The molecule has 100 valence electrons.